The van der Waals surface area contributed by atoms with Gasteiger partial charge < -0.3 is 4.74 Å². The monoisotopic (exact) mass is 1100 g/mol. The maximum Gasteiger partial charge on any atom is 0.119 e. The fourth-order valence-corrected chi connectivity index (χ4v) is 15.1. The molecule has 80 heavy (non-hydrogen) atoms. The molecule has 1 atom stereocenters. The molecule has 1 unspecified atom stereocenters. The lowest BCUT2D eigenvalue weighted by atomic mass is 9.70. The van der Waals surface area contributed by atoms with Crippen LogP contribution in [0.4, 0.5) is 0 Å². The number of aryl methyl sites for hydroxylation is 1. The first-order chi connectivity index (χ1) is 39.1. The van der Waals surface area contributed by atoms with Crippen LogP contribution in [0, 0.1) is 6.92 Å². The highest BCUT2D eigenvalue weighted by atomic mass is 32.1. The first-order valence-corrected chi connectivity index (χ1v) is 32.5. The summed E-state index contributed by atoms with van der Waals surface area (Å²) in [5.41, 5.74) is 26.0. The van der Waals surface area contributed by atoms with Crippen molar-refractivity contribution < 1.29 is 4.74 Å². The van der Waals surface area contributed by atoms with Crippen LogP contribution in [-0.2, 0) is 10.8 Å². The summed E-state index contributed by atoms with van der Waals surface area (Å²) >= 11 is 2.67. The van der Waals surface area contributed by atoms with Gasteiger partial charge in [-0.05, 0) is 154 Å². The number of ether oxygens (including phenoxy) is 1. The molecule has 2 aliphatic carbocycles. The zero-order valence-corrected chi connectivity index (χ0v) is 50.6. The van der Waals surface area contributed by atoms with Crippen LogP contribution in [0.15, 0.2) is 121 Å². The van der Waals surface area contributed by atoms with Crippen LogP contribution < -0.4 is 4.74 Å². The van der Waals surface area contributed by atoms with E-state index >= 15 is 0 Å². The van der Waals surface area contributed by atoms with Crippen LogP contribution >= 0.6 is 23.5 Å². The molecule has 2 heterocycles. The van der Waals surface area contributed by atoms with Crippen molar-refractivity contribution in [2.75, 3.05) is 0 Å². The largest absolute Gasteiger partial charge is 0.491 e. The molecule has 9 aromatic rings. The Morgan fingerprint density at radius 2 is 0.725 bits per heavy atom. The van der Waals surface area contributed by atoms with Crippen molar-refractivity contribution in [2.24, 2.45) is 0 Å². The van der Waals surface area contributed by atoms with Gasteiger partial charge in [-0.25, -0.2) is 0 Å². The quantitative estimate of drug-likeness (QED) is 0.0480. The number of aromatic nitrogens is 4. The second-order valence-corrected chi connectivity index (χ2v) is 25.3. The Kier molecular flexibility index (Phi) is 17.5. The number of hydrogen-bond donors (Lipinski definition) is 0. The van der Waals surface area contributed by atoms with E-state index in [0.29, 0.717) is 0 Å². The van der Waals surface area contributed by atoms with Crippen LogP contribution in [-0.4, -0.2) is 23.6 Å². The van der Waals surface area contributed by atoms with Gasteiger partial charge in [0.2, 0.25) is 0 Å². The Hall–Kier alpha value is -6.02. The average molecular weight is 1100 g/mol. The van der Waals surface area contributed by atoms with E-state index in [2.05, 4.69) is 170 Å². The Morgan fingerprint density at radius 3 is 1.20 bits per heavy atom. The van der Waals surface area contributed by atoms with Gasteiger partial charge in [0.15, 0.2) is 0 Å². The second kappa shape index (κ2) is 25.0. The van der Waals surface area contributed by atoms with Crippen LogP contribution in [0.2, 0.25) is 0 Å². The maximum absolute atomic E-state index is 6.03. The first kappa shape index (κ1) is 55.9. The highest BCUT2D eigenvalue weighted by Crippen LogP contribution is 2.57. The SMILES string of the molecule is CCCCCCCCC1(C)c2cc(-c3ccc(OC(C)C)cc3)ccc2-c2ccc(-c3ccc(-c4ccc5c(c4)C(CCCCCCCC)(CCCCCCCC)c4cc(-c6ccc(C)c7nsnc67)ccc4-5)c4nsnc34)cc21. The number of rotatable bonds is 27. The molecule has 0 radical (unpaired) electrons. The van der Waals surface area contributed by atoms with E-state index in [-0.39, 0.29) is 16.9 Å². The minimum atomic E-state index is -0.133. The molecular weight excluding hydrogens is 1010 g/mol. The van der Waals surface area contributed by atoms with Gasteiger partial charge in [-0.3, -0.25) is 0 Å². The van der Waals surface area contributed by atoms with E-state index in [4.69, 9.17) is 22.2 Å². The third kappa shape index (κ3) is 11.1. The van der Waals surface area contributed by atoms with Crippen LogP contribution in [0.25, 0.3) is 88.8 Å². The van der Waals surface area contributed by atoms with E-state index in [1.54, 1.807) is 0 Å². The second-order valence-electron chi connectivity index (χ2n) is 24.2. The molecular formula is C73H84N4OS2. The predicted molar refractivity (Wildman–Crippen MR) is 343 cm³/mol. The number of unbranched alkanes of at least 4 members (excludes halogenated alkanes) is 15. The molecule has 2 aliphatic rings. The summed E-state index contributed by atoms with van der Waals surface area (Å²) in [4.78, 5) is 0. The molecule has 0 amide bonds. The Balaban J connectivity index is 0.967. The summed E-state index contributed by atoms with van der Waals surface area (Å²) in [5, 5.41) is 0. The lowest BCUT2D eigenvalue weighted by Gasteiger charge is -2.33. The summed E-state index contributed by atoms with van der Waals surface area (Å²) in [6, 6.07) is 47.1. The lowest BCUT2D eigenvalue weighted by molar-refractivity contribution is 0.242. The summed E-state index contributed by atoms with van der Waals surface area (Å²) in [5.74, 6) is 0.914. The molecule has 0 saturated carbocycles. The molecule has 5 nitrogen and oxygen atoms in total. The minimum Gasteiger partial charge on any atom is -0.491 e. The van der Waals surface area contributed by atoms with Gasteiger partial charge in [0, 0.05) is 27.5 Å². The van der Waals surface area contributed by atoms with Crippen molar-refractivity contribution in [3.05, 3.63) is 149 Å². The molecule has 0 fully saturated rings. The number of benzene rings is 7. The summed E-state index contributed by atoms with van der Waals surface area (Å²) in [7, 11) is 0. The van der Waals surface area contributed by atoms with E-state index < -0.39 is 0 Å². The lowest BCUT2D eigenvalue weighted by Crippen LogP contribution is -2.25. The van der Waals surface area contributed by atoms with Crippen molar-refractivity contribution in [2.45, 2.75) is 200 Å². The standard InChI is InChI=1S/C73H84N4OS2/c1-8-11-14-17-20-23-42-72(7)64-45-52(51-27-33-56(34-28-51)78-49(4)5)29-36-60(64)61-37-30-53(46-65(61)72)58-40-41-59(71-70(58)76-80-77-71)55-32-39-63-62-38-31-54(57-35-26-50(6)68-69(57)75-79-74-68)47-66(62)73(67(63)48-55,43-24-21-18-15-12-9-2)44-25-22-19-16-13-10-3/h26-41,45-49H,8-25,42-44H2,1-7H3. The Bertz CT molecular complexity index is 3570. The fourth-order valence-electron chi connectivity index (χ4n) is 14.0. The third-order valence-corrected chi connectivity index (χ3v) is 19.4. The molecule has 0 bridgehead atoms. The van der Waals surface area contributed by atoms with E-state index in [0.717, 1.165) is 52.6 Å². The molecule has 414 valence electrons. The predicted octanol–water partition coefficient (Wildman–Crippen LogP) is 22.3. The van der Waals surface area contributed by atoms with Gasteiger partial charge in [0.25, 0.3) is 0 Å². The van der Waals surface area contributed by atoms with Crippen LogP contribution in [0.1, 0.15) is 204 Å². The van der Waals surface area contributed by atoms with E-state index in [1.807, 2.05) is 0 Å². The highest BCUT2D eigenvalue weighted by molar-refractivity contribution is 7.00. The van der Waals surface area contributed by atoms with Crippen molar-refractivity contribution in [1.29, 1.82) is 0 Å². The minimum absolute atomic E-state index is 0.103. The molecule has 7 aromatic carbocycles. The summed E-state index contributed by atoms with van der Waals surface area (Å²) < 4.78 is 26.0. The third-order valence-electron chi connectivity index (χ3n) is 18.3. The van der Waals surface area contributed by atoms with Crippen LogP contribution in [0.5, 0.6) is 5.75 Å². The molecule has 2 aromatic heterocycles. The molecule has 0 saturated heterocycles. The molecule has 0 aliphatic heterocycles. The molecule has 11 rings (SSSR count). The topological polar surface area (TPSA) is 60.8 Å². The van der Waals surface area contributed by atoms with E-state index in [9.17, 15) is 0 Å². The van der Waals surface area contributed by atoms with Gasteiger partial charge in [-0.15, -0.1) is 0 Å². The summed E-state index contributed by atoms with van der Waals surface area (Å²) in [6.45, 7) is 15.8. The van der Waals surface area contributed by atoms with Crippen molar-refractivity contribution in [3.63, 3.8) is 0 Å². The van der Waals surface area contributed by atoms with E-state index in [1.165, 1.54) is 228 Å². The fraction of sp³-hybridized carbons (Fsp3) is 0.425. The zero-order valence-electron chi connectivity index (χ0n) is 49.0. The summed E-state index contributed by atoms with van der Waals surface area (Å²) in [6.07, 6.45) is 26.7. The van der Waals surface area contributed by atoms with Gasteiger partial charge in [-0.2, -0.15) is 17.5 Å². The Labute approximate surface area is 486 Å². The molecule has 0 spiro atoms. The highest BCUT2D eigenvalue weighted by Gasteiger charge is 2.43. The van der Waals surface area contributed by atoms with Crippen molar-refractivity contribution in [1.82, 2.24) is 17.5 Å². The van der Waals surface area contributed by atoms with Gasteiger partial charge in [0.1, 0.15) is 27.8 Å². The number of fused-ring (bicyclic) bond motifs is 8. The smallest absolute Gasteiger partial charge is 0.119 e. The zero-order chi connectivity index (χ0) is 55.2. The first-order valence-electron chi connectivity index (χ1n) is 31.0. The molecule has 7 heteroatoms. The van der Waals surface area contributed by atoms with Crippen molar-refractivity contribution >= 4 is 45.5 Å². The molecule has 0 N–H and O–H groups in total. The van der Waals surface area contributed by atoms with Gasteiger partial charge in [0.05, 0.1) is 29.6 Å². The maximum atomic E-state index is 6.03. The normalized spacial score (nSPS) is 15.0. The average Bonchev–Trinajstić information content (AvgIpc) is 3.73. The number of hydrogen-bond acceptors (Lipinski definition) is 7. The Morgan fingerprint density at radius 1 is 0.375 bits per heavy atom. The van der Waals surface area contributed by atoms with Gasteiger partial charge in [-0.1, -0.05) is 228 Å². The van der Waals surface area contributed by atoms with Crippen molar-refractivity contribution in [3.8, 4) is 72.5 Å². The van der Waals surface area contributed by atoms with Crippen LogP contribution in [0.3, 0.4) is 0 Å². The van der Waals surface area contributed by atoms with Gasteiger partial charge >= 0.3 is 0 Å². The number of nitrogens with zero attached hydrogens (tertiary/aromatic N) is 4.